The number of aryl methyl sites for hydroxylation is 1. The van der Waals surface area contributed by atoms with Crippen LogP contribution in [-0.2, 0) is 0 Å². The van der Waals surface area contributed by atoms with Crippen molar-refractivity contribution >= 4 is 23.6 Å². The minimum atomic E-state index is 0.303. The average molecular weight is 280 g/mol. The number of aromatic amines is 1. The van der Waals surface area contributed by atoms with E-state index >= 15 is 0 Å². The van der Waals surface area contributed by atoms with E-state index in [1.807, 2.05) is 0 Å². The lowest BCUT2D eigenvalue weighted by Gasteiger charge is -2.08. The number of hydrogen-bond donors (Lipinski definition) is 1. The van der Waals surface area contributed by atoms with Gasteiger partial charge >= 0.3 is 0 Å². The first-order valence-electron chi connectivity index (χ1n) is 6.22. The highest BCUT2D eigenvalue weighted by Crippen LogP contribution is 2.44. The second-order valence-corrected chi connectivity index (χ2v) is 6.47. The summed E-state index contributed by atoms with van der Waals surface area (Å²) in [6.45, 7) is 6.29. The van der Waals surface area contributed by atoms with Gasteiger partial charge in [0.15, 0.2) is 10.6 Å². The third kappa shape index (κ3) is 1.93. The minimum absolute atomic E-state index is 0.303. The molecule has 4 nitrogen and oxygen atoms in total. The molecule has 0 atom stereocenters. The Morgan fingerprint density at radius 2 is 2.17 bits per heavy atom. The van der Waals surface area contributed by atoms with Gasteiger partial charge in [-0.25, -0.2) is 4.98 Å². The van der Waals surface area contributed by atoms with E-state index in [2.05, 4.69) is 40.5 Å². The van der Waals surface area contributed by atoms with Crippen molar-refractivity contribution in [2.75, 3.05) is 0 Å². The molecule has 1 aliphatic rings. The van der Waals surface area contributed by atoms with Crippen LogP contribution in [0.1, 0.15) is 49.4 Å². The van der Waals surface area contributed by atoms with Gasteiger partial charge in [0, 0.05) is 12.0 Å². The molecule has 2 heterocycles. The average Bonchev–Trinajstić information content (AvgIpc) is 2.98. The Kier molecular flexibility index (Phi) is 2.86. The molecule has 0 spiro atoms. The Morgan fingerprint density at radius 1 is 1.44 bits per heavy atom. The number of H-pyrrole nitrogens is 1. The van der Waals surface area contributed by atoms with Crippen LogP contribution in [0.4, 0.5) is 0 Å². The number of aromatic nitrogens is 4. The van der Waals surface area contributed by atoms with Crippen LogP contribution in [0.15, 0.2) is 0 Å². The molecule has 1 aliphatic carbocycles. The quantitative estimate of drug-likeness (QED) is 0.869. The lowest BCUT2D eigenvalue weighted by atomic mass is 10.3. The van der Waals surface area contributed by atoms with Crippen molar-refractivity contribution in [3.8, 4) is 10.7 Å². The lowest BCUT2D eigenvalue weighted by molar-refractivity contribution is 0.597. The van der Waals surface area contributed by atoms with Crippen LogP contribution in [0.25, 0.3) is 10.7 Å². The molecule has 3 rings (SSSR count). The van der Waals surface area contributed by atoms with Crippen LogP contribution >= 0.6 is 23.6 Å². The summed E-state index contributed by atoms with van der Waals surface area (Å²) in [5.41, 5.74) is 1.07. The molecule has 1 N–H and O–H groups in total. The summed E-state index contributed by atoms with van der Waals surface area (Å²) in [5.74, 6) is 1.62. The molecule has 96 valence electrons. The molecule has 6 heteroatoms. The molecule has 2 aromatic rings. The van der Waals surface area contributed by atoms with Gasteiger partial charge in [0.2, 0.25) is 0 Å². The predicted octanol–water partition coefficient (Wildman–Crippen LogP) is 3.83. The van der Waals surface area contributed by atoms with E-state index in [0.29, 0.717) is 16.7 Å². The summed E-state index contributed by atoms with van der Waals surface area (Å²) in [6.07, 6.45) is 2.56. The summed E-state index contributed by atoms with van der Waals surface area (Å²) in [6, 6.07) is 0.303. The normalized spacial score (nSPS) is 15.6. The molecule has 0 radical (unpaired) electrons. The zero-order chi connectivity index (χ0) is 12.9. The van der Waals surface area contributed by atoms with Gasteiger partial charge in [0.1, 0.15) is 0 Å². The largest absolute Gasteiger partial charge is 0.297 e. The molecule has 0 unspecified atom stereocenters. The number of thiazole rings is 1. The van der Waals surface area contributed by atoms with E-state index in [4.69, 9.17) is 12.2 Å². The number of hydrogen-bond acceptors (Lipinski definition) is 4. The first-order chi connectivity index (χ1) is 8.58. The van der Waals surface area contributed by atoms with Crippen LogP contribution in [0.3, 0.4) is 0 Å². The van der Waals surface area contributed by atoms with Crippen molar-refractivity contribution in [3.05, 3.63) is 15.5 Å². The molecule has 0 saturated heterocycles. The van der Waals surface area contributed by atoms with Gasteiger partial charge in [-0.05, 0) is 45.8 Å². The fraction of sp³-hybridized carbons (Fsp3) is 0.583. The van der Waals surface area contributed by atoms with Crippen molar-refractivity contribution in [2.45, 2.75) is 45.6 Å². The Hall–Kier alpha value is -1.01. The topological polar surface area (TPSA) is 46.5 Å². The van der Waals surface area contributed by atoms with Gasteiger partial charge in [-0.1, -0.05) is 0 Å². The first kappa shape index (κ1) is 12.0. The fourth-order valence-electron chi connectivity index (χ4n) is 2.07. The summed E-state index contributed by atoms with van der Waals surface area (Å²) in [7, 11) is 0. The van der Waals surface area contributed by atoms with Gasteiger partial charge < -0.3 is 0 Å². The van der Waals surface area contributed by atoms with Crippen LogP contribution in [0, 0.1) is 11.7 Å². The van der Waals surface area contributed by atoms with Crippen LogP contribution in [0.2, 0.25) is 0 Å². The highest BCUT2D eigenvalue weighted by atomic mass is 32.1. The molecular weight excluding hydrogens is 264 g/mol. The van der Waals surface area contributed by atoms with Gasteiger partial charge in [-0.3, -0.25) is 9.67 Å². The van der Waals surface area contributed by atoms with Gasteiger partial charge in [-0.2, -0.15) is 5.10 Å². The van der Waals surface area contributed by atoms with E-state index in [9.17, 15) is 0 Å². The molecule has 0 amide bonds. The lowest BCUT2D eigenvalue weighted by Crippen LogP contribution is -2.03. The molecular formula is C12H16N4S2. The maximum Gasteiger partial charge on any atom is 0.195 e. The van der Waals surface area contributed by atoms with Crippen molar-refractivity contribution in [1.82, 2.24) is 19.7 Å². The first-order valence-corrected chi connectivity index (χ1v) is 7.45. The van der Waals surface area contributed by atoms with Crippen molar-refractivity contribution in [1.29, 1.82) is 0 Å². The maximum absolute atomic E-state index is 5.29. The van der Waals surface area contributed by atoms with E-state index in [0.717, 1.165) is 16.4 Å². The van der Waals surface area contributed by atoms with Crippen LogP contribution in [-0.4, -0.2) is 19.7 Å². The Labute approximate surface area is 115 Å². The highest BCUT2D eigenvalue weighted by molar-refractivity contribution is 7.71. The second kappa shape index (κ2) is 4.28. The Balaban J connectivity index is 2.11. The van der Waals surface area contributed by atoms with E-state index in [1.54, 1.807) is 11.3 Å². The third-order valence-electron chi connectivity index (χ3n) is 3.16. The molecule has 1 fully saturated rings. The summed E-state index contributed by atoms with van der Waals surface area (Å²) in [5, 5.41) is 8.53. The standard InChI is InChI=1S/C12H16N4S2/c1-6(2)16-10(14-15-12(16)17)9-7(3)13-11(18-9)8-4-5-8/h6,8H,4-5H2,1-3H3,(H,15,17). The molecule has 18 heavy (non-hydrogen) atoms. The molecule has 1 saturated carbocycles. The molecule has 0 bridgehead atoms. The zero-order valence-electron chi connectivity index (χ0n) is 10.7. The van der Waals surface area contributed by atoms with Gasteiger partial charge in [-0.15, -0.1) is 11.3 Å². The van der Waals surface area contributed by atoms with Crippen LogP contribution < -0.4 is 0 Å². The monoisotopic (exact) mass is 280 g/mol. The second-order valence-electron chi connectivity index (χ2n) is 5.06. The van der Waals surface area contributed by atoms with Crippen molar-refractivity contribution in [2.24, 2.45) is 0 Å². The Bertz CT molecular complexity index is 631. The van der Waals surface area contributed by atoms with E-state index in [1.165, 1.54) is 17.8 Å². The smallest absolute Gasteiger partial charge is 0.195 e. The Morgan fingerprint density at radius 3 is 2.78 bits per heavy atom. The third-order valence-corrected chi connectivity index (χ3v) is 4.77. The highest BCUT2D eigenvalue weighted by Gasteiger charge is 2.29. The molecule has 0 aliphatic heterocycles. The number of rotatable bonds is 3. The zero-order valence-corrected chi connectivity index (χ0v) is 12.4. The van der Waals surface area contributed by atoms with E-state index in [-0.39, 0.29) is 0 Å². The molecule has 0 aromatic carbocycles. The SMILES string of the molecule is Cc1nc(C2CC2)sc1-c1n[nH]c(=S)n1C(C)C. The van der Waals surface area contributed by atoms with Gasteiger partial charge in [0.05, 0.1) is 15.6 Å². The number of nitrogens with zero attached hydrogens (tertiary/aromatic N) is 3. The minimum Gasteiger partial charge on any atom is -0.297 e. The van der Waals surface area contributed by atoms with Gasteiger partial charge in [0.25, 0.3) is 0 Å². The van der Waals surface area contributed by atoms with Crippen molar-refractivity contribution in [3.63, 3.8) is 0 Å². The van der Waals surface area contributed by atoms with E-state index < -0.39 is 0 Å². The summed E-state index contributed by atoms with van der Waals surface area (Å²) in [4.78, 5) is 5.83. The maximum atomic E-state index is 5.29. The summed E-state index contributed by atoms with van der Waals surface area (Å²) < 4.78 is 2.74. The number of nitrogens with one attached hydrogen (secondary N) is 1. The summed E-state index contributed by atoms with van der Waals surface area (Å²) >= 11 is 7.06. The van der Waals surface area contributed by atoms with Crippen molar-refractivity contribution < 1.29 is 0 Å². The predicted molar refractivity (Wildman–Crippen MR) is 75.6 cm³/mol. The fourth-order valence-corrected chi connectivity index (χ4v) is 3.64. The van der Waals surface area contributed by atoms with Crippen LogP contribution in [0.5, 0.6) is 0 Å². The molecule has 2 aromatic heterocycles.